The maximum atomic E-state index is 7.19. The molecule has 0 spiro atoms. The van der Waals surface area contributed by atoms with Crippen LogP contribution in [-0.2, 0) is 0 Å². The highest BCUT2D eigenvalue weighted by Crippen LogP contribution is 2.18. The number of anilines is 2. The van der Waals surface area contributed by atoms with Gasteiger partial charge in [-0.15, -0.1) is 0 Å². The highest BCUT2D eigenvalue weighted by atomic mass is 14.8. The number of hydrogen-bond donors (Lipinski definition) is 4. The van der Waals surface area contributed by atoms with Crippen LogP contribution in [0, 0.1) is 5.41 Å². The van der Waals surface area contributed by atoms with E-state index in [0.29, 0.717) is 11.3 Å². The monoisotopic (exact) mass is 164 g/mol. The Bertz CT molecular complexity index is 306. The van der Waals surface area contributed by atoms with E-state index in [9.17, 15) is 0 Å². The standard InChI is InChI=1S/C8H12N4/c1-12-7-4-5(8(10)11)2-3-6(7)9/h2-4,12H,9H2,1H3,(H3,10,11). The number of amidine groups is 1. The van der Waals surface area contributed by atoms with Crippen molar-refractivity contribution in [3.63, 3.8) is 0 Å². The summed E-state index contributed by atoms with van der Waals surface area (Å²) in [4.78, 5) is 0. The zero-order chi connectivity index (χ0) is 9.14. The van der Waals surface area contributed by atoms with Gasteiger partial charge in [-0.05, 0) is 18.2 Å². The molecule has 0 fully saturated rings. The summed E-state index contributed by atoms with van der Waals surface area (Å²) in [6.07, 6.45) is 0. The SMILES string of the molecule is CNc1cc(C(=N)N)ccc1N. The molecule has 4 heteroatoms. The van der Waals surface area contributed by atoms with Crippen molar-refractivity contribution < 1.29 is 0 Å². The van der Waals surface area contributed by atoms with E-state index in [1.807, 2.05) is 0 Å². The number of nitrogens with one attached hydrogen (secondary N) is 2. The Morgan fingerprint density at radius 3 is 2.67 bits per heavy atom. The lowest BCUT2D eigenvalue weighted by molar-refractivity contribution is 1.41. The second-order valence-corrected chi connectivity index (χ2v) is 2.47. The molecule has 6 N–H and O–H groups in total. The average molecular weight is 164 g/mol. The van der Waals surface area contributed by atoms with Gasteiger partial charge in [-0.1, -0.05) is 0 Å². The molecular formula is C8H12N4. The van der Waals surface area contributed by atoms with Crippen molar-refractivity contribution in [1.29, 1.82) is 5.41 Å². The van der Waals surface area contributed by atoms with Crippen LogP contribution >= 0.6 is 0 Å². The van der Waals surface area contributed by atoms with Crippen LogP contribution in [0.1, 0.15) is 5.56 Å². The van der Waals surface area contributed by atoms with Crippen LogP contribution < -0.4 is 16.8 Å². The summed E-state index contributed by atoms with van der Waals surface area (Å²) in [5.74, 6) is 0.0477. The summed E-state index contributed by atoms with van der Waals surface area (Å²) in [6, 6.07) is 5.19. The number of nitrogen functional groups attached to an aromatic ring is 2. The molecule has 0 aromatic heterocycles. The van der Waals surface area contributed by atoms with Crippen LogP contribution in [0.4, 0.5) is 11.4 Å². The Kier molecular flexibility index (Phi) is 2.19. The summed E-state index contributed by atoms with van der Waals surface area (Å²) < 4.78 is 0. The molecule has 1 aromatic carbocycles. The Labute approximate surface area is 71.1 Å². The van der Waals surface area contributed by atoms with Crippen molar-refractivity contribution in [3.05, 3.63) is 23.8 Å². The summed E-state index contributed by atoms with van der Waals surface area (Å²) in [6.45, 7) is 0. The minimum atomic E-state index is 0.0477. The van der Waals surface area contributed by atoms with Gasteiger partial charge in [-0.2, -0.15) is 0 Å². The van der Waals surface area contributed by atoms with Crippen molar-refractivity contribution in [2.75, 3.05) is 18.1 Å². The fourth-order valence-corrected chi connectivity index (χ4v) is 0.940. The van der Waals surface area contributed by atoms with Crippen molar-refractivity contribution in [2.45, 2.75) is 0 Å². The van der Waals surface area contributed by atoms with Crippen LogP contribution in [0.25, 0.3) is 0 Å². The molecule has 1 rings (SSSR count). The molecule has 1 aromatic rings. The highest BCUT2D eigenvalue weighted by Gasteiger charge is 2.00. The maximum Gasteiger partial charge on any atom is 0.122 e. The van der Waals surface area contributed by atoms with Gasteiger partial charge in [0.1, 0.15) is 5.84 Å². The number of benzene rings is 1. The van der Waals surface area contributed by atoms with Gasteiger partial charge in [-0.3, -0.25) is 5.41 Å². The molecule has 0 bridgehead atoms. The summed E-state index contributed by atoms with van der Waals surface area (Å²) in [7, 11) is 1.77. The Morgan fingerprint density at radius 1 is 1.50 bits per heavy atom. The van der Waals surface area contributed by atoms with Crippen LogP contribution in [0.3, 0.4) is 0 Å². The van der Waals surface area contributed by atoms with Crippen LogP contribution in [-0.4, -0.2) is 12.9 Å². The fourth-order valence-electron chi connectivity index (χ4n) is 0.940. The molecule has 0 atom stereocenters. The van der Waals surface area contributed by atoms with E-state index in [0.717, 1.165) is 5.69 Å². The molecule has 0 heterocycles. The molecule has 12 heavy (non-hydrogen) atoms. The van der Waals surface area contributed by atoms with Gasteiger partial charge >= 0.3 is 0 Å². The predicted molar refractivity (Wildman–Crippen MR) is 51.4 cm³/mol. The van der Waals surface area contributed by atoms with Gasteiger partial charge in [0.2, 0.25) is 0 Å². The van der Waals surface area contributed by atoms with Crippen molar-refractivity contribution in [1.82, 2.24) is 0 Å². The summed E-state index contributed by atoms with van der Waals surface area (Å²) >= 11 is 0. The largest absolute Gasteiger partial charge is 0.397 e. The van der Waals surface area contributed by atoms with Gasteiger partial charge in [0, 0.05) is 12.6 Å². The molecule has 64 valence electrons. The average Bonchev–Trinajstić information content (AvgIpc) is 2.05. The molecule has 0 saturated heterocycles. The first-order valence-corrected chi connectivity index (χ1v) is 3.57. The summed E-state index contributed by atoms with van der Waals surface area (Å²) in [5, 5.41) is 10.1. The smallest absolute Gasteiger partial charge is 0.122 e. The highest BCUT2D eigenvalue weighted by molar-refractivity contribution is 5.96. The normalized spacial score (nSPS) is 9.42. The molecule has 4 nitrogen and oxygen atoms in total. The first kappa shape index (κ1) is 8.39. The molecule has 0 radical (unpaired) electrons. The minimum Gasteiger partial charge on any atom is -0.397 e. The van der Waals surface area contributed by atoms with Crippen molar-refractivity contribution >= 4 is 17.2 Å². The van der Waals surface area contributed by atoms with E-state index in [4.69, 9.17) is 16.9 Å². The van der Waals surface area contributed by atoms with Crippen LogP contribution in [0.2, 0.25) is 0 Å². The zero-order valence-corrected chi connectivity index (χ0v) is 6.89. The quantitative estimate of drug-likeness (QED) is 0.293. The number of hydrogen-bond acceptors (Lipinski definition) is 3. The third-order valence-electron chi connectivity index (χ3n) is 1.63. The van der Waals surface area contributed by atoms with E-state index in [2.05, 4.69) is 5.32 Å². The molecule has 0 unspecified atom stereocenters. The van der Waals surface area contributed by atoms with Gasteiger partial charge in [-0.25, -0.2) is 0 Å². The fraction of sp³-hybridized carbons (Fsp3) is 0.125. The van der Waals surface area contributed by atoms with Gasteiger partial charge in [0.25, 0.3) is 0 Å². The lowest BCUT2D eigenvalue weighted by atomic mass is 10.1. The van der Waals surface area contributed by atoms with Crippen LogP contribution in [0.5, 0.6) is 0 Å². The van der Waals surface area contributed by atoms with Gasteiger partial charge in [0.05, 0.1) is 11.4 Å². The third-order valence-corrected chi connectivity index (χ3v) is 1.63. The zero-order valence-electron chi connectivity index (χ0n) is 6.89. The number of nitrogens with two attached hydrogens (primary N) is 2. The van der Waals surface area contributed by atoms with Crippen LogP contribution in [0.15, 0.2) is 18.2 Å². The first-order chi connectivity index (χ1) is 5.65. The second-order valence-electron chi connectivity index (χ2n) is 2.47. The molecule has 0 aliphatic heterocycles. The molecular weight excluding hydrogens is 152 g/mol. The van der Waals surface area contributed by atoms with Crippen molar-refractivity contribution in [2.24, 2.45) is 5.73 Å². The molecule has 0 saturated carbocycles. The Balaban J connectivity index is 3.13. The predicted octanol–water partition coefficient (Wildman–Crippen LogP) is 0.595. The van der Waals surface area contributed by atoms with E-state index >= 15 is 0 Å². The van der Waals surface area contributed by atoms with E-state index < -0.39 is 0 Å². The van der Waals surface area contributed by atoms with E-state index in [1.165, 1.54) is 0 Å². The lowest BCUT2D eigenvalue weighted by Crippen LogP contribution is -2.11. The molecule has 0 aliphatic carbocycles. The minimum absolute atomic E-state index is 0.0477. The third kappa shape index (κ3) is 1.47. The summed E-state index contributed by atoms with van der Waals surface area (Å²) in [5.41, 5.74) is 13.1. The maximum absolute atomic E-state index is 7.19. The second kappa shape index (κ2) is 3.13. The van der Waals surface area contributed by atoms with E-state index in [-0.39, 0.29) is 5.84 Å². The lowest BCUT2D eigenvalue weighted by Gasteiger charge is -2.06. The molecule has 0 aliphatic rings. The molecule has 0 amide bonds. The van der Waals surface area contributed by atoms with Gasteiger partial charge in [0.15, 0.2) is 0 Å². The topological polar surface area (TPSA) is 87.9 Å². The number of rotatable bonds is 2. The first-order valence-electron chi connectivity index (χ1n) is 3.57. The Hall–Kier alpha value is -1.71. The Morgan fingerprint density at radius 2 is 2.17 bits per heavy atom. The van der Waals surface area contributed by atoms with Crippen molar-refractivity contribution in [3.8, 4) is 0 Å². The van der Waals surface area contributed by atoms with E-state index in [1.54, 1.807) is 25.2 Å². The van der Waals surface area contributed by atoms with Gasteiger partial charge < -0.3 is 16.8 Å².